The largest absolute Gasteiger partial charge is 0.370 e. The fourth-order valence-electron chi connectivity index (χ4n) is 3.88. The molecule has 1 unspecified atom stereocenters. The number of guanidine groups is 1. The van der Waals surface area contributed by atoms with E-state index in [9.17, 15) is 0 Å². The molecule has 31 heavy (non-hydrogen) atoms. The van der Waals surface area contributed by atoms with Gasteiger partial charge in [-0.15, -0.1) is 24.0 Å². The molecule has 7 nitrogen and oxygen atoms in total. The average Bonchev–Trinajstić information content (AvgIpc) is 3.24. The van der Waals surface area contributed by atoms with Crippen molar-refractivity contribution in [2.75, 3.05) is 55.7 Å². The third-order valence-corrected chi connectivity index (χ3v) is 6.46. The van der Waals surface area contributed by atoms with Crippen molar-refractivity contribution in [1.29, 1.82) is 0 Å². The molecule has 2 aliphatic rings. The smallest absolute Gasteiger partial charge is 0.194 e. The molecule has 3 heterocycles. The van der Waals surface area contributed by atoms with Gasteiger partial charge in [-0.3, -0.25) is 4.68 Å². The minimum atomic E-state index is 0. The van der Waals surface area contributed by atoms with E-state index in [1.807, 2.05) is 35.9 Å². The molecule has 0 aliphatic carbocycles. The van der Waals surface area contributed by atoms with Crippen molar-refractivity contribution in [3.05, 3.63) is 47.8 Å². The number of aryl methyl sites for hydroxylation is 1. The van der Waals surface area contributed by atoms with E-state index in [0.717, 1.165) is 44.2 Å². The van der Waals surface area contributed by atoms with E-state index in [-0.39, 0.29) is 30.1 Å². The number of halogens is 1. The zero-order valence-corrected chi connectivity index (χ0v) is 21.5. The summed E-state index contributed by atoms with van der Waals surface area (Å²) in [6, 6.07) is 8.89. The summed E-state index contributed by atoms with van der Waals surface area (Å²) >= 11 is 2.04. The maximum absolute atomic E-state index is 5.99. The van der Waals surface area contributed by atoms with Gasteiger partial charge in [-0.25, -0.2) is 4.99 Å². The van der Waals surface area contributed by atoms with Crippen molar-refractivity contribution in [2.45, 2.75) is 19.6 Å². The van der Waals surface area contributed by atoms with Crippen LogP contribution in [-0.4, -0.2) is 71.5 Å². The first-order valence-corrected chi connectivity index (χ1v) is 11.9. The first-order valence-electron chi connectivity index (χ1n) is 10.8. The highest BCUT2D eigenvalue weighted by molar-refractivity contribution is 14.0. The SMILES string of the molecule is CCNC(=NCc1ccc(N2CCSCC2)cc1)N1CCOC(c2cnn(C)c2)C1.I. The van der Waals surface area contributed by atoms with Crippen LogP contribution in [0.25, 0.3) is 0 Å². The van der Waals surface area contributed by atoms with Gasteiger partial charge in [-0.1, -0.05) is 12.1 Å². The molecule has 1 atom stereocenters. The van der Waals surface area contributed by atoms with E-state index < -0.39 is 0 Å². The fraction of sp³-hybridized carbons (Fsp3) is 0.545. The third-order valence-electron chi connectivity index (χ3n) is 5.52. The van der Waals surface area contributed by atoms with Crippen LogP contribution in [0.5, 0.6) is 0 Å². The second-order valence-corrected chi connectivity index (χ2v) is 8.91. The molecule has 4 rings (SSSR count). The molecule has 2 aliphatic heterocycles. The predicted octanol–water partition coefficient (Wildman–Crippen LogP) is 3.13. The molecule has 0 spiro atoms. The summed E-state index contributed by atoms with van der Waals surface area (Å²) in [5.74, 6) is 3.39. The molecule has 1 aromatic carbocycles. The molecule has 0 bridgehead atoms. The van der Waals surface area contributed by atoms with Gasteiger partial charge in [0.15, 0.2) is 5.96 Å². The fourth-order valence-corrected chi connectivity index (χ4v) is 4.78. The number of thioether (sulfide) groups is 1. The van der Waals surface area contributed by atoms with Crippen molar-refractivity contribution in [1.82, 2.24) is 20.0 Å². The minimum absolute atomic E-state index is 0. The van der Waals surface area contributed by atoms with Gasteiger partial charge in [0, 0.05) is 62.2 Å². The number of anilines is 1. The van der Waals surface area contributed by atoms with Gasteiger partial charge in [-0.05, 0) is 24.6 Å². The topological polar surface area (TPSA) is 57.9 Å². The molecule has 2 aromatic rings. The highest BCUT2D eigenvalue weighted by Gasteiger charge is 2.25. The van der Waals surface area contributed by atoms with Gasteiger partial charge in [0.1, 0.15) is 6.10 Å². The van der Waals surface area contributed by atoms with E-state index in [0.29, 0.717) is 13.2 Å². The number of aliphatic imine (C=N–C) groups is 1. The molecule has 170 valence electrons. The Hall–Kier alpha value is -1.46. The van der Waals surface area contributed by atoms with E-state index in [1.54, 1.807) is 0 Å². The zero-order valence-electron chi connectivity index (χ0n) is 18.4. The predicted molar refractivity (Wildman–Crippen MR) is 140 cm³/mol. The average molecular weight is 557 g/mol. The Morgan fingerprint density at radius 2 is 2.00 bits per heavy atom. The quantitative estimate of drug-likeness (QED) is 0.347. The Balaban J connectivity index is 0.00000272. The number of hydrogen-bond donors (Lipinski definition) is 1. The normalized spacial score (nSPS) is 19.8. The zero-order chi connectivity index (χ0) is 20.8. The van der Waals surface area contributed by atoms with Crippen molar-refractivity contribution < 1.29 is 4.74 Å². The lowest BCUT2D eigenvalue weighted by Crippen LogP contribution is -2.48. The summed E-state index contributed by atoms with van der Waals surface area (Å²) in [5, 5.41) is 7.73. The number of benzene rings is 1. The van der Waals surface area contributed by atoms with Crippen LogP contribution in [-0.2, 0) is 18.3 Å². The van der Waals surface area contributed by atoms with Crippen LogP contribution in [0.3, 0.4) is 0 Å². The number of rotatable bonds is 5. The van der Waals surface area contributed by atoms with Crippen molar-refractivity contribution in [2.24, 2.45) is 12.0 Å². The molecule has 0 radical (unpaired) electrons. The first-order chi connectivity index (χ1) is 14.7. The molecule has 0 saturated carbocycles. The number of aromatic nitrogens is 2. The lowest BCUT2D eigenvalue weighted by atomic mass is 10.1. The maximum atomic E-state index is 5.99. The van der Waals surface area contributed by atoms with E-state index in [1.165, 1.54) is 22.8 Å². The summed E-state index contributed by atoms with van der Waals surface area (Å²) in [6.07, 6.45) is 3.94. The highest BCUT2D eigenvalue weighted by Crippen LogP contribution is 2.22. The molecule has 2 fully saturated rings. The standard InChI is InChI=1S/C22H32N6OS.HI/c1-3-23-22(28-8-11-29-21(17-28)19-15-25-26(2)16-19)24-14-18-4-6-20(7-5-18)27-9-12-30-13-10-27;/h4-7,15-16,21H,3,8-14,17H2,1-2H3,(H,23,24);1H. The van der Waals surface area contributed by atoms with Crippen molar-refractivity contribution >= 4 is 47.4 Å². The molecule has 2 saturated heterocycles. The second kappa shape index (κ2) is 12.0. The van der Waals surface area contributed by atoms with Gasteiger partial charge in [0.25, 0.3) is 0 Å². The molecule has 9 heteroatoms. The van der Waals surface area contributed by atoms with Crippen LogP contribution in [0.15, 0.2) is 41.7 Å². The monoisotopic (exact) mass is 556 g/mol. The van der Waals surface area contributed by atoms with Crippen LogP contribution in [0.2, 0.25) is 0 Å². The number of nitrogens with one attached hydrogen (secondary N) is 1. The highest BCUT2D eigenvalue weighted by atomic mass is 127. The lowest BCUT2D eigenvalue weighted by Gasteiger charge is -2.34. The molecule has 0 amide bonds. The van der Waals surface area contributed by atoms with Crippen LogP contribution < -0.4 is 10.2 Å². The van der Waals surface area contributed by atoms with Gasteiger partial charge in [-0.2, -0.15) is 16.9 Å². The molecule has 1 aromatic heterocycles. The van der Waals surface area contributed by atoms with Gasteiger partial charge in [0.2, 0.25) is 0 Å². The summed E-state index contributed by atoms with van der Waals surface area (Å²) < 4.78 is 7.81. The van der Waals surface area contributed by atoms with Crippen molar-refractivity contribution in [3.8, 4) is 0 Å². The van der Waals surface area contributed by atoms with E-state index in [4.69, 9.17) is 9.73 Å². The Kier molecular flexibility index (Phi) is 9.33. The van der Waals surface area contributed by atoms with Gasteiger partial charge >= 0.3 is 0 Å². The Morgan fingerprint density at radius 1 is 1.23 bits per heavy atom. The number of hydrogen-bond acceptors (Lipinski definition) is 5. The summed E-state index contributed by atoms with van der Waals surface area (Å²) in [5.41, 5.74) is 3.67. The Morgan fingerprint density at radius 3 is 2.68 bits per heavy atom. The third kappa shape index (κ3) is 6.52. The van der Waals surface area contributed by atoms with Crippen LogP contribution in [0, 0.1) is 0 Å². The molecular formula is C22H33IN6OS. The molecule has 1 N–H and O–H groups in total. The summed E-state index contributed by atoms with van der Waals surface area (Å²) in [7, 11) is 1.94. The number of ether oxygens (including phenoxy) is 1. The minimum Gasteiger partial charge on any atom is -0.370 e. The van der Waals surface area contributed by atoms with Crippen LogP contribution in [0.4, 0.5) is 5.69 Å². The first kappa shape index (κ1) is 24.2. The van der Waals surface area contributed by atoms with Crippen LogP contribution in [0.1, 0.15) is 24.2 Å². The van der Waals surface area contributed by atoms with E-state index in [2.05, 4.69) is 51.4 Å². The lowest BCUT2D eigenvalue weighted by molar-refractivity contribution is -0.00805. The Labute approximate surface area is 206 Å². The Bertz CT molecular complexity index is 837. The number of nitrogens with zero attached hydrogens (tertiary/aromatic N) is 5. The van der Waals surface area contributed by atoms with E-state index >= 15 is 0 Å². The summed E-state index contributed by atoms with van der Waals surface area (Å²) in [4.78, 5) is 9.69. The van der Waals surface area contributed by atoms with Gasteiger partial charge in [0.05, 0.1) is 25.9 Å². The second-order valence-electron chi connectivity index (χ2n) is 7.69. The van der Waals surface area contributed by atoms with Gasteiger partial charge < -0.3 is 19.9 Å². The van der Waals surface area contributed by atoms with Crippen LogP contribution >= 0.6 is 35.7 Å². The van der Waals surface area contributed by atoms with Crippen molar-refractivity contribution in [3.63, 3.8) is 0 Å². The summed E-state index contributed by atoms with van der Waals surface area (Å²) in [6.45, 7) is 8.22. The maximum Gasteiger partial charge on any atom is 0.194 e. The number of morpholine rings is 1. The molecular weight excluding hydrogens is 523 g/mol.